The Morgan fingerprint density at radius 2 is 1.92 bits per heavy atom. The van der Waals surface area contributed by atoms with Crippen LogP contribution in [0.5, 0.6) is 0 Å². The minimum atomic E-state index is -0.637. The van der Waals surface area contributed by atoms with Crippen LogP contribution in [0.4, 0.5) is 8.78 Å². The highest BCUT2D eigenvalue weighted by Gasteiger charge is 2.19. The highest BCUT2D eigenvalue weighted by Crippen LogP contribution is 2.20. The highest BCUT2D eigenvalue weighted by atomic mass is 19.1. The lowest BCUT2D eigenvalue weighted by molar-refractivity contribution is 0.0592. The van der Waals surface area contributed by atoms with Gasteiger partial charge in [-0.15, -0.1) is 0 Å². The molecule has 24 heavy (non-hydrogen) atoms. The molecule has 0 radical (unpaired) electrons. The first-order chi connectivity index (χ1) is 11.6. The fraction of sp³-hybridized carbons (Fsp3) is 0.111. The summed E-state index contributed by atoms with van der Waals surface area (Å²) < 4.78 is 33.3. The van der Waals surface area contributed by atoms with Gasteiger partial charge < -0.3 is 4.74 Å². The second-order valence-corrected chi connectivity index (χ2v) is 5.20. The Morgan fingerprint density at radius 1 is 1.17 bits per heavy atom. The summed E-state index contributed by atoms with van der Waals surface area (Å²) >= 11 is 0. The van der Waals surface area contributed by atoms with E-state index >= 15 is 0 Å². The largest absolute Gasteiger partial charge is 0.464 e. The second kappa shape index (κ2) is 6.62. The second-order valence-electron chi connectivity index (χ2n) is 5.20. The molecule has 1 heterocycles. The Hall–Kier alpha value is -3.02. The van der Waals surface area contributed by atoms with Gasteiger partial charge in [-0.1, -0.05) is 30.3 Å². The van der Waals surface area contributed by atoms with Gasteiger partial charge >= 0.3 is 5.97 Å². The molecule has 122 valence electrons. The predicted molar refractivity (Wildman–Crippen MR) is 84.1 cm³/mol. The summed E-state index contributed by atoms with van der Waals surface area (Å²) in [5.41, 5.74) is 1.53. The number of benzene rings is 2. The Labute approximate surface area is 137 Å². The van der Waals surface area contributed by atoms with Crippen LogP contribution in [0.25, 0.3) is 5.69 Å². The van der Waals surface area contributed by atoms with Crippen molar-refractivity contribution in [3.05, 3.63) is 83.2 Å². The van der Waals surface area contributed by atoms with E-state index in [2.05, 4.69) is 5.10 Å². The topological polar surface area (TPSA) is 44.1 Å². The molecule has 1 aromatic heterocycles. The normalized spacial score (nSPS) is 10.6. The first-order valence-electron chi connectivity index (χ1n) is 7.24. The van der Waals surface area contributed by atoms with Gasteiger partial charge in [0.25, 0.3) is 0 Å². The first kappa shape index (κ1) is 15.9. The number of hydrogen-bond donors (Lipinski definition) is 0. The highest BCUT2D eigenvalue weighted by molar-refractivity contribution is 5.89. The zero-order valence-corrected chi connectivity index (χ0v) is 12.9. The number of ether oxygens (including phenoxy) is 1. The molecule has 0 aliphatic heterocycles. The predicted octanol–water partition coefficient (Wildman–Crippen LogP) is 3.53. The van der Waals surface area contributed by atoms with Crippen LogP contribution in [-0.4, -0.2) is 22.9 Å². The molecule has 0 aliphatic carbocycles. The summed E-state index contributed by atoms with van der Waals surface area (Å²) in [5, 5.41) is 4.08. The van der Waals surface area contributed by atoms with Gasteiger partial charge in [0.05, 0.1) is 7.11 Å². The number of carbonyl (C=O) groups is 1. The third-order valence-electron chi connectivity index (χ3n) is 3.56. The standard InChI is InChI=1S/C18H14F2N2O2/c1-24-18(23)17-13(9-12-5-3-2-4-6-12)11-22(21-17)16-10-14(19)7-8-15(16)20/h2-8,10-11H,9H2,1H3. The van der Waals surface area contributed by atoms with Crippen LogP contribution < -0.4 is 0 Å². The third-order valence-corrected chi connectivity index (χ3v) is 3.56. The number of carbonyl (C=O) groups excluding carboxylic acids is 1. The number of esters is 1. The van der Waals surface area contributed by atoms with Gasteiger partial charge in [0.1, 0.15) is 17.3 Å². The van der Waals surface area contributed by atoms with Crippen LogP contribution in [0, 0.1) is 11.6 Å². The molecule has 6 heteroatoms. The third kappa shape index (κ3) is 3.17. The lowest BCUT2D eigenvalue weighted by Crippen LogP contribution is -2.07. The van der Waals surface area contributed by atoms with Gasteiger partial charge in [-0.25, -0.2) is 18.3 Å². The van der Waals surface area contributed by atoms with E-state index in [1.165, 1.54) is 13.3 Å². The SMILES string of the molecule is COC(=O)c1nn(-c2cc(F)ccc2F)cc1Cc1ccccc1. The number of nitrogens with zero attached hydrogens (tertiary/aromatic N) is 2. The zero-order valence-electron chi connectivity index (χ0n) is 12.9. The lowest BCUT2D eigenvalue weighted by Gasteiger charge is -2.02. The molecule has 0 aliphatic rings. The monoisotopic (exact) mass is 328 g/mol. The van der Waals surface area contributed by atoms with E-state index in [0.29, 0.717) is 12.0 Å². The Balaban J connectivity index is 2.06. The average Bonchev–Trinajstić information content (AvgIpc) is 3.01. The molecule has 0 amide bonds. The van der Waals surface area contributed by atoms with Gasteiger partial charge in [0, 0.05) is 24.2 Å². The number of methoxy groups -OCH3 is 1. The van der Waals surface area contributed by atoms with Crippen LogP contribution in [0.3, 0.4) is 0 Å². The Kier molecular flexibility index (Phi) is 4.37. The van der Waals surface area contributed by atoms with Crippen molar-refractivity contribution in [3.8, 4) is 5.69 Å². The van der Waals surface area contributed by atoms with E-state index in [0.717, 1.165) is 28.4 Å². The van der Waals surface area contributed by atoms with Crippen LogP contribution in [0.1, 0.15) is 21.6 Å². The number of hydrogen-bond acceptors (Lipinski definition) is 3. The van der Waals surface area contributed by atoms with Gasteiger partial charge in [-0.3, -0.25) is 0 Å². The number of halogens is 2. The molecule has 3 rings (SSSR count). The summed E-state index contributed by atoms with van der Waals surface area (Å²) in [6, 6.07) is 12.5. The Morgan fingerprint density at radius 3 is 2.62 bits per heavy atom. The maximum absolute atomic E-state index is 14.0. The van der Waals surface area contributed by atoms with Crippen molar-refractivity contribution in [1.29, 1.82) is 0 Å². The minimum absolute atomic E-state index is 0.0699. The van der Waals surface area contributed by atoms with E-state index in [-0.39, 0.29) is 11.4 Å². The van der Waals surface area contributed by atoms with Crippen molar-refractivity contribution in [2.45, 2.75) is 6.42 Å². The number of aromatic nitrogens is 2. The minimum Gasteiger partial charge on any atom is -0.464 e. The van der Waals surface area contributed by atoms with Crippen molar-refractivity contribution in [2.75, 3.05) is 7.11 Å². The summed E-state index contributed by atoms with van der Waals surface area (Å²) in [4.78, 5) is 12.0. The quantitative estimate of drug-likeness (QED) is 0.688. The Bertz CT molecular complexity index is 876. The molecule has 0 N–H and O–H groups in total. The zero-order chi connectivity index (χ0) is 17.1. The van der Waals surface area contributed by atoms with Crippen LogP contribution >= 0.6 is 0 Å². The molecule has 4 nitrogen and oxygen atoms in total. The van der Waals surface area contributed by atoms with Gasteiger partial charge in [-0.05, 0) is 17.7 Å². The fourth-order valence-corrected chi connectivity index (χ4v) is 2.41. The van der Waals surface area contributed by atoms with Gasteiger partial charge in [-0.2, -0.15) is 5.10 Å². The summed E-state index contributed by atoms with van der Waals surface area (Å²) in [7, 11) is 1.25. The molecule has 0 unspecified atom stereocenters. The van der Waals surface area contributed by atoms with Crippen molar-refractivity contribution in [1.82, 2.24) is 9.78 Å². The van der Waals surface area contributed by atoms with E-state index < -0.39 is 17.6 Å². The molecule has 3 aromatic rings. The van der Waals surface area contributed by atoms with Crippen LogP contribution in [0.2, 0.25) is 0 Å². The molecule has 0 bridgehead atoms. The molecule has 0 saturated heterocycles. The van der Waals surface area contributed by atoms with E-state index in [1.54, 1.807) is 0 Å². The fourth-order valence-electron chi connectivity index (χ4n) is 2.41. The van der Waals surface area contributed by atoms with Crippen molar-refractivity contribution in [3.63, 3.8) is 0 Å². The van der Waals surface area contributed by atoms with Crippen molar-refractivity contribution < 1.29 is 18.3 Å². The summed E-state index contributed by atoms with van der Waals surface area (Å²) in [6.45, 7) is 0. The van der Waals surface area contributed by atoms with E-state index in [1.807, 2.05) is 30.3 Å². The molecule has 0 fully saturated rings. The molecule has 0 spiro atoms. The summed E-state index contributed by atoms with van der Waals surface area (Å²) in [6.07, 6.45) is 1.93. The van der Waals surface area contributed by atoms with Gasteiger partial charge in [0.15, 0.2) is 5.69 Å². The maximum Gasteiger partial charge on any atom is 0.358 e. The van der Waals surface area contributed by atoms with Crippen molar-refractivity contribution in [2.24, 2.45) is 0 Å². The molecule has 0 atom stereocenters. The molecule has 0 saturated carbocycles. The smallest absolute Gasteiger partial charge is 0.358 e. The van der Waals surface area contributed by atoms with Crippen LogP contribution in [0.15, 0.2) is 54.7 Å². The molecule has 2 aromatic carbocycles. The summed E-state index contributed by atoms with van der Waals surface area (Å²) in [5.74, 6) is -1.86. The van der Waals surface area contributed by atoms with Crippen LogP contribution in [-0.2, 0) is 11.2 Å². The van der Waals surface area contributed by atoms with E-state index in [4.69, 9.17) is 4.74 Å². The van der Waals surface area contributed by atoms with Crippen molar-refractivity contribution >= 4 is 5.97 Å². The van der Waals surface area contributed by atoms with E-state index in [9.17, 15) is 13.6 Å². The average molecular weight is 328 g/mol. The van der Waals surface area contributed by atoms with Gasteiger partial charge in [0.2, 0.25) is 0 Å². The number of rotatable bonds is 4. The molecular formula is C18H14F2N2O2. The maximum atomic E-state index is 14.0. The lowest BCUT2D eigenvalue weighted by atomic mass is 10.1. The molecular weight excluding hydrogens is 314 g/mol. The first-order valence-corrected chi connectivity index (χ1v) is 7.24.